The number of para-hydroxylation sites is 1. The fourth-order valence-electron chi connectivity index (χ4n) is 2.60. The Bertz CT molecular complexity index is 1120. The number of carboxylic acid groups (broad SMARTS) is 1. The Morgan fingerprint density at radius 3 is 2.50 bits per heavy atom. The molecule has 0 aliphatic carbocycles. The smallest absolute Gasteiger partial charge is 0.337 e. The van der Waals surface area contributed by atoms with E-state index in [1.54, 1.807) is 12.1 Å². The lowest BCUT2D eigenvalue weighted by molar-refractivity contribution is -0.385. The number of rotatable bonds is 7. The van der Waals surface area contributed by atoms with Crippen molar-refractivity contribution < 1.29 is 27.7 Å². The average molecular weight is 402 g/mol. The third kappa shape index (κ3) is 3.71. The summed E-state index contributed by atoms with van der Waals surface area (Å²) in [5, 5.41) is 20.5. The van der Waals surface area contributed by atoms with Gasteiger partial charge >= 0.3 is 5.97 Å². The molecule has 1 aromatic heterocycles. The van der Waals surface area contributed by atoms with E-state index in [1.165, 1.54) is 48.7 Å². The van der Waals surface area contributed by atoms with Gasteiger partial charge in [-0.3, -0.25) is 14.4 Å². The Kier molecular flexibility index (Phi) is 5.14. The van der Waals surface area contributed by atoms with Crippen molar-refractivity contribution in [2.75, 3.05) is 4.31 Å². The number of nitro groups is 1. The first-order valence-corrected chi connectivity index (χ1v) is 9.36. The van der Waals surface area contributed by atoms with Crippen LogP contribution in [0, 0.1) is 10.1 Å². The Morgan fingerprint density at radius 1 is 1.11 bits per heavy atom. The maximum Gasteiger partial charge on any atom is 0.337 e. The molecule has 1 heterocycles. The molecule has 0 bridgehead atoms. The second-order valence-electron chi connectivity index (χ2n) is 5.67. The summed E-state index contributed by atoms with van der Waals surface area (Å²) in [6, 6.07) is 13.2. The number of carbonyl (C=O) groups is 1. The summed E-state index contributed by atoms with van der Waals surface area (Å²) in [6.45, 7) is -0.289. The van der Waals surface area contributed by atoms with E-state index in [0.717, 1.165) is 10.4 Å². The molecule has 9 nitrogen and oxygen atoms in total. The van der Waals surface area contributed by atoms with E-state index < -0.39 is 26.6 Å². The monoisotopic (exact) mass is 402 g/mol. The molecule has 0 amide bonds. The molecular formula is C18H14N2O7S. The highest BCUT2D eigenvalue weighted by atomic mass is 32.2. The first-order valence-electron chi connectivity index (χ1n) is 7.92. The predicted molar refractivity (Wildman–Crippen MR) is 98.6 cm³/mol. The molecule has 10 heteroatoms. The predicted octanol–water partition coefficient (Wildman–Crippen LogP) is 3.28. The van der Waals surface area contributed by atoms with Gasteiger partial charge in [-0.15, -0.1) is 0 Å². The van der Waals surface area contributed by atoms with Gasteiger partial charge in [0.25, 0.3) is 15.7 Å². The van der Waals surface area contributed by atoms with Crippen LogP contribution in [0.15, 0.2) is 76.2 Å². The number of anilines is 1. The Morgan fingerprint density at radius 2 is 1.86 bits per heavy atom. The van der Waals surface area contributed by atoms with Gasteiger partial charge in [0.1, 0.15) is 5.76 Å². The number of hydrogen-bond acceptors (Lipinski definition) is 6. The van der Waals surface area contributed by atoms with Gasteiger partial charge in [-0.1, -0.05) is 18.2 Å². The zero-order chi connectivity index (χ0) is 20.3. The fourth-order valence-corrected chi connectivity index (χ4v) is 4.09. The number of benzene rings is 2. The van der Waals surface area contributed by atoms with Crippen molar-refractivity contribution in [1.29, 1.82) is 0 Å². The third-order valence-corrected chi connectivity index (χ3v) is 5.65. The number of hydrogen-bond donors (Lipinski definition) is 1. The van der Waals surface area contributed by atoms with Crippen LogP contribution in [0.2, 0.25) is 0 Å². The molecule has 0 aliphatic heterocycles. The average Bonchev–Trinajstić information content (AvgIpc) is 3.19. The maximum atomic E-state index is 13.3. The quantitative estimate of drug-likeness (QED) is 0.474. The highest BCUT2D eigenvalue weighted by molar-refractivity contribution is 7.92. The molecule has 3 rings (SSSR count). The Balaban J connectivity index is 2.18. The highest BCUT2D eigenvalue weighted by Crippen LogP contribution is 2.30. The molecule has 28 heavy (non-hydrogen) atoms. The summed E-state index contributed by atoms with van der Waals surface area (Å²) in [7, 11) is -4.34. The lowest BCUT2D eigenvalue weighted by atomic mass is 10.2. The third-order valence-electron chi connectivity index (χ3n) is 3.90. The standard InChI is InChI=1S/C18H14N2O7S/c21-18(22)16-8-1-2-9-17(16)19(12-14-6-4-10-27-14)28(25,26)15-7-3-5-13(11-15)20(23)24/h1-11H,12H2,(H,21,22). The van der Waals surface area contributed by atoms with Crippen LogP contribution in [0.3, 0.4) is 0 Å². The Labute approximate surface area is 159 Å². The summed E-state index contributed by atoms with van der Waals surface area (Å²) in [4.78, 5) is 21.6. The van der Waals surface area contributed by atoms with Gasteiger partial charge in [-0.2, -0.15) is 0 Å². The fraction of sp³-hybridized carbons (Fsp3) is 0.0556. The molecule has 0 fully saturated rings. The SMILES string of the molecule is O=C(O)c1ccccc1N(Cc1ccco1)S(=O)(=O)c1cccc([N+](=O)[O-])c1. The molecule has 0 atom stereocenters. The number of sulfonamides is 1. The first kappa shape index (κ1) is 19.1. The molecular weight excluding hydrogens is 388 g/mol. The largest absolute Gasteiger partial charge is 0.478 e. The number of aromatic carboxylic acids is 1. The normalized spacial score (nSPS) is 11.1. The molecule has 1 N–H and O–H groups in total. The van der Waals surface area contributed by atoms with E-state index in [0.29, 0.717) is 0 Å². The van der Waals surface area contributed by atoms with Crippen molar-refractivity contribution in [3.8, 4) is 0 Å². The molecule has 3 aromatic rings. The summed E-state index contributed by atoms with van der Waals surface area (Å²) < 4.78 is 32.6. The van der Waals surface area contributed by atoms with Gasteiger partial charge in [0.2, 0.25) is 0 Å². The van der Waals surface area contributed by atoms with E-state index in [9.17, 15) is 28.4 Å². The zero-order valence-corrected chi connectivity index (χ0v) is 15.1. The lowest BCUT2D eigenvalue weighted by Crippen LogP contribution is -2.31. The van der Waals surface area contributed by atoms with E-state index >= 15 is 0 Å². The summed E-state index contributed by atoms with van der Waals surface area (Å²) in [5.41, 5.74) is -0.716. The minimum absolute atomic E-state index is 0.0853. The lowest BCUT2D eigenvalue weighted by Gasteiger charge is -2.25. The molecule has 0 saturated carbocycles. The highest BCUT2D eigenvalue weighted by Gasteiger charge is 2.30. The van der Waals surface area contributed by atoms with Crippen molar-refractivity contribution in [3.05, 3.63) is 88.4 Å². The van der Waals surface area contributed by atoms with Gasteiger partial charge in [0.15, 0.2) is 0 Å². The van der Waals surface area contributed by atoms with Crippen LogP contribution in [0.25, 0.3) is 0 Å². The van der Waals surface area contributed by atoms with E-state index in [4.69, 9.17) is 4.42 Å². The van der Waals surface area contributed by atoms with Crippen LogP contribution in [-0.4, -0.2) is 24.4 Å². The van der Waals surface area contributed by atoms with Crippen molar-refractivity contribution in [2.24, 2.45) is 0 Å². The van der Waals surface area contributed by atoms with E-state index in [-0.39, 0.29) is 28.5 Å². The van der Waals surface area contributed by atoms with Gasteiger partial charge in [-0.05, 0) is 30.3 Å². The van der Waals surface area contributed by atoms with Crippen LogP contribution < -0.4 is 4.31 Å². The molecule has 144 valence electrons. The number of nitro benzene ring substituents is 1. The van der Waals surface area contributed by atoms with Gasteiger partial charge in [-0.25, -0.2) is 13.2 Å². The number of nitrogens with zero attached hydrogens (tertiary/aromatic N) is 2. The van der Waals surface area contributed by atoms with Crippen molar-refractivity contribution in [3.63, 3.8) is 0 Å². The van der Waals surface area contributed by atoms with Crippen LogP contribution in [0.1, 0.15) is 16.1 Å². The van der Waals surface area contributed by atoms with Crippen molar-refractivity contribution in [2.45, 2.75) is 11.4 Å². The van der Waals surface area contributed by atoms with E-state index in [1.807, 2.05) is 0 Å². The topological polar surface area (TPSA) is 131 Å². The van der Waals surface area contributed by atoms with Crippen molar-refractivity contribution in [1.82, 2.24) is 0 Å². The van der Waals surface area contributed by atoms with Crippen LogP contribution in [-0.2, 0) is 16.6 Å². The molecule has 0 spiro atoms. The first-order chi connectivity index (χ1) is 13.3. The molecule has 0 aliphatic rings. The van der Waals surface area contributed by atoms with Gasteiger partial charge in [0, 0.05) is 12.1 Å². The number of non-ortho nitro benzene ring substituents is 1. The molecule has 0 saturated heterocycles. The summed E-state index contributed by atoms with van der Waals surface area (Å²) in [6.07, 6.45) is 1.36. The second-order valence-corrected chi connectivity index (χ2v) is 7.53. The minimum Gasteiger partial charge on any atom is -0.478 e. The zero-order valence-electron chi connectivity index (χ0n) is 14.3. The van der Waals surface area contributed by atoms with Crippen LogP contribution in [0.4, 0.5) is 11.4 Å². The van der Waals surface area contributed by atoms with Gasteiger partial charge in [0.05, 0.1) is 33.9 Å². The van der Waals surface area contributed by atoms with Gasteiger partial charge < -0.3 is 9.52 Å². The number of furan rings is 1. The summed E-state index contributed by atoms with van der Waals surface area (Å²) in [5.74, 6) is -1.04. The molecule has 2 aromatic carbocycles. The van der Waals surface area contributed by atoms with Crippen molar-refractivity contribution >= 4 is 27.4 Å². The summed E-state index contributed by atoms with van der Waals surface area (Å²) >= 11 is 0. The number of carboxylic acids is 1. The minimum atomic E-state index is -4.34. The van der Waals surface area contributed by atoms with E-state index in [2.05, 4.69) is 0 Å². The molecule has 0 unspecified atom stereocenters. The second kappa shape index (κ2) is 7.53. The molecule has 0 radical (unpaired) electrons. The van der Waals surface area contributed by atoms with Crippen LogP contribution >= 0.6 is 0 Å². The Hall–Kier alpha value is -3.66. The maximum absolute atomic E-state index is 13.3. The van der Waals surface area contributed by atoms with Crippen LogP contribution in [0.5, 0.6) is 0 Å².